The van der Waals surface area contributed by atoms with Crippen molar-refractivity contribution in [3.63, 3.8) is 0 Å². The van der Waals surface area contributed by atoms with E-state index in [1.165, 1.54) is 6.07 Å². The lowest BCUT2D eigenvalue weighted by molar-refractivity contribution is -0.385. The van der Waals surface area contributed by atoms with Gasteiger partial charge in [-0.15, -0.1) is 0 Å². The first-order valence-corrected chi connectivity index (χ1v) is 9.01. The van der Waals surface area contributed by atoms with E-state index >= 15 is 0 Å². The minimum absolute atomic E-state index is 0.251. The first-order valence-electron chi connectivity index (χ1n) is 8.63. The van der Waals surface area contributed by atoms with Gasteiger partial charge in [0.15, 0.2) is 0 Å². The molecule has 1 aliphatic heterocycles. The van der Waals surface area contributed by atoms with Gasteiger partial charge in [0.1, 0.15) is 12.4 Å². The highest BCUT2D eigenvalue weighted by molar-refractivity contribution is 6.31. The number of carbonyl (C=O) groups is 1. The van der Waals surface area contributed by atoms with Gasteiger partial charge in [0.05, 0.1) is 11.1 Å². The molecule has 0 unspecified atom stereocenters. The van der Waals surface area contributed by atoms with E-state index in [0.717, 1.165) is 22.9 Å². The number of piperazine rings is 1. The molecule has 0 bridgehead atoms. The molecule has 2 heterocycles. The fourth-order valence-electron chi connectivity index (χ4n) is 3.06. The Hall–Kier alpha value is -2.78. The van der Waals surface area contributed by atoms with Crippen molar-refractivity contribution in [3.8, 4) is 0 Å². The maximum absolute atomic E-state index is 13.9. The Morgan fingerprint density at radius 2 is 1.89 bits per heavy atom. The third-order valence-corrected chi connectivity index (χ3v) is 5.01. The molecule has 8 nitrogen and oxygen atoms in total. The molecule has 1 aliphatic rings. The van der Waals surface area contributed by atoms with Crippen LogP contribution in [0.15, 0.2) is 41.3 Å². The standard InChI is InChI=1S/C18H18ClFN4O4/c19-15-2-1-3-16(20)14(15)11-21-6-8-22(9-7-21)18(26)12-23-10-13(24(27)28)4-5-17(23)25/h1-5,10H,6-9,11-12H2. The van der Waals surface area contributed by atoms with Crippen molar-refractivity contribution >= 4 is 23.2 Å². The lowest BCUT2D eigenvalue weighted by atomic mass is 10.2. The molecule has 1 saturated heterocycles. The van der Waals surface area contributed by atoms with Crippen LogP contribution < -0.4 is 5.56 Å². The molecular weight excluding hydrogens is 391 g/mol. The smallest absolute Gasteiger partial charge is 0.285 e. The minimum Gasteiger partial charge on any atom is -0.339 e. The number of hydrogen-bond donors (Lipinski definition) is 0. The molecule has 0 saturated carbocycles. The van der Waals surface area contributed by atoms with E-state index in [2.05, 4.69) is 0 Å². The van der Waals surface area contributed by atoms with Gasteiger partial charge in [0.25, 0.3) is 11.2 Å². The van der Waals surface area contributed by atoms with Crippen LogP contribution in [0.1, 0.15) is 5.56 Å². The van der Waals surface area contributed by atoms with E-state index in [1.54, 1.807) is 17.0 Å². The fourth-order valence-corrected chi connectivity index (χ4v) is 3.28. The number of rotatable bonds is 5. The zero-order valence-corrected chi connectivity index (χ0v) is 15.6. The van der Waals surface area contributed by atoms with Gasteiger partial charge < -0.3 is 4.90 Å². The number of nitrogens with zero attached hydrogens (tertiary/aromatic N) is 4. The number of nitro groups is 1. The van der Waals surface area contributed by atoms with Gasteiger partial charge in [0.2, 0.25) is 5.91 Å². The Balaban J connectivity index is 1.59. The summed E-state index contributed by atoms with van der Waals surface area (Å²) in [6.07, 6.45) is 1.07. The van der Waals surface area contributed by atoms with Gasteiger partial charge in [-0.3, -0.25) is 29.2 Å². The second kappa shape index (κ2) is 8.49. The predicted octanol–water partition coefficient (Wildman–Crippen LogP) is 1.89. The van der Waals surface area contributed by atoms with E-state index in [0.29, 0.717) is 43.3 Å². The van der Waals surface area contributed by atoms with Crippen molar-refractivity contribution in [2.75, 3.05) is 26.2 Å². The van der Waals surface area contributed by atoms with Gasteiger partial charge in [-0.25, -0.2) is 4.39 Å². The molecule has 1 aromatic carbocycles. The van der Waals surface area contributed by atoms with Crippen molar-refractivity contribution < 1.29 is 14.1 Å². The Kier molecular flexibility index (Phi) is 6.05. The molecule has 0 atom stereocenters. The number of aromatic nitrogens is 1. The van der Waals surface area contributed by atoms with Crippen molar-refractivity contribution in [1.82, 2.24) is 14.4 Å². The van der Waals surface area contributed by atoms with Crippen molar-refractivity contribution in [2.45, 2.75) is 13.1 Å². The van der Waals surface area contributed by atoms with E-state index < -0.39 is 10.5 Å². The van der Waals surface area contributed by atoms with Gasteiger partial charge >= 0.3 is 0 Å². The SMILES string of the molecule is O=C(Cn1cc([N+](=O)[O-])ccc1=O)N1CCN(Cc2c(F)cccc2Cl)CC1. The quantitative estimate of drug-likeness (QED) is 0.557. The topological polar surface area (TPSA) is 88.7 Å². The second-order valence-corrected chi connectivity index (χ2v) is 6.87. The highest BCUT2D eigenvalue weighted by Crippen LogP contribution is 2.21. The molecule has 148 valence electrons. The van der Waals surface area contributed by atoms with Gasteiger partial charge in [-0.05, 0) is 12.1 Å². The van der Waals surface area contributed by atoms with E-state index in [4.69, 9.17) is 11.6 Å². The largest absolute Gasteiger partial charge is 0.339 e. The monoisotopic (exact) mass is 408 g/mol. The number of pyridine rings is 1. The fraction of sp³-hybridized carbons (Fsp3) is 0.333. The number of carbonyl (C=O) groups excluding carboxylic acids is 1. The van der Waals surface area contributed by atoms with Crippen LogP contribution in [0.2, 0.25) is 5.02 Å². The Morgan fingerprint density at radius 1 is 1.18 bits per heavy atom. The lowest BCUT2D eigenvalue weighted by Crippen LogP contribution is -2.49. The molecule has 2 aromatic rings. The van der Waals surface area contributed by atoms with Crippen molar-refractivity contribution in [1.29, 1.82) is 0 Å². The van der Waals surface area contributed by atoms with Crippen LogP contribution in [0, 0.1) is 15.9 Å². The summed E-state index contributed by atoms with van der Waals surface area (Å²) in [6.45, 7) is 1.96. The third kappa shape index (κ3) is 4.55. The van der Waals surface area contributed by atoms with Gasteiger partial charge in [-0.2, -0.15) is 0 Å². The Labute approximate surface area is 164 Å². The van der Waals surface area contributed by atoms with Gasteiger partial charge in [0, 0.05) is 55.4 Å². The van der Waals surface area contributed by atoms with E-state index in [-0.39, 0.29) is 24.0 Å². The summed E-state index contributed by atoms with van der Waals surface area (Å²) < 4.78 is 15.0. The first-order chi connectivity index (χ1) is 13.3. The van der Waals surface area contributed by atoms with Crippen molar-refractivity contribution in [2.24, 2.45) is 0 Å². The van der Waals surface area contributed by atoms with E-state index in [1.807, 2.05) is 4.90 Å². The van der Waals surface area contributed by atoms with Crippen molar-refractivity contribution in [3.05, 3.63) is 73.4 Å². The molecule has 0 spiro atoms. The van der Waals surface area contributed by atoms with Gasteiger partial charge in [-0.1, -0.05) is 17.7 Å². The summed E-state index contributed by atoms with van der Waals surface area (Å²) in [4.78, 5) is 38.1. The molecule has 28 heavy (non-hydrogen) atoms. The zero-order chi connectivity index (χ0) is 20.3. The normalized spacial score (nSPS) is 14.9. The summed E-state index contributed by atoms with van der Waals surface area (Å²) in [5.74, 6) is -0.665. The number of halogens is 2. The Morgan fingerprint density at radius 3 is 2.54 bits per heavy atom. The highest BCUT2D eigenvalue weighted by Gasteiger charge is 2.23. The molecule has 10 heteroatoms. The van der Waals surface area contributed by atoms with Crippen LogP contribution in [0.25, 0.3) is 0 Å². The maximum Gasteiger partial charge on any atom is 0.285 e. The first kappa shape index (κ1) is 20.0. The van der Waals surface area contributed by atoms with Crippen LogP contribution in [-0.4, -0.2) is 51.4 Å². The van der Waals surface area contributed by atoms with Crippen LogP contribution in [0.4, 0.5) is 10.1 Å². The summed E-state index contributed by atoms with van der Waals surface area (Å²) in [5, 5.41) is 11.2. The van der Waals surface area contributed by atoms with Crippen LogP contribution >= 0.6 is 11.6 Å². The summed E-state index contributed by atoms with van der Waals surface area (Å²) in [7, 11) is 0. The summed E-state index contributed by atoms with van der Waals surface area (Å²) in [6, 6.07) is 6.72. The molecule has 1 amide bonds. The minimum atomic E-state index is -0.618. The second-order valence-electron chi connectivity index (χ2n) is 6.47. The summed E-state index contributed by atoms with van der Waals surface area (Å²) in [5.41, 5.74) is -0.308. The lowest BCUT2D eigenvalue weighted by Gasteiger charge is -2.35. The summed E-state index contributed by atoms with van der Waals surface area (Å²) >= 11 is 6.06. The molecule has 0 aliphatic carbocycles. The third-order valence-electron chi connectivity index (χ3n) is 4.65. The molecule has 0 radical (unpaired) electrons. The number of hydrogen-bond acceptors (Lipinski definition) is 5. The van der Waals surface area contributed by atoms with Crippen LogP contribution in [0.3, 0.4) is 0 Å². The average Bonchev–Trinajstić information content (AvgIpc) is 2.67. The maximum atomic E-state index is 13.9. The number of amides is 1. The number of benzene rings is 1. The molecule has 3 rings (SSSR count). The molecule has 0 N–H and O–H groups in total. The molecule has 1 aromatic heterocycles. The highest BCUT2D eigenvalue weighted by atomic mass is 35.5. The van der Waals surface area contributed by atoms with Crippen LogP contribution in [0.5, 0.6) is 0 Å². The average molecular weight is 409 g/mol. The molecule has 1 fully saturated rings. The Bertz CT molecular complexity index is 937. The van der Waals surface area contributed by atoms with Crippen LogP contribution in [-0.2, 0) is 17.9 Å². The zero-order valence-electron chi connectivity index (χ0n) is 14.9. The predicted molar refractivity (Wildman–Crippen MR) is 101 cm³/mol. The molecular formula is C18H18ClFN4O4. The van der Waals surface area contributed by atoms with E-state index in [9.17, 15) is 24.1 Å².